The van der Waals surface area contributed by atoms with Gasteiger partial charge in [0.05, 0.1) is 0 Å². The maximum atomic E-state index is 6.20. The summed E-state index contributed by atoms with van der Waals surface area (Å²) < 4.78 is 6.20. The largest absolute Gasteiger partial charge is 0.456 e. The molecule has 0 spiro atoms. The second-order valence-corrected chi connectivity index (χ2v) is 13.6. The van der Waals surface area contributed by atoms with Crippen LogP contribution in [-0.2, 0) is 0 Å². The molecule has 0 saturated heterocycles. The molecule has 0 aliphatic heterocycles. The molecule has 0 N–H and O–H groups in total. The van der Waals surface area contributed by atoms with E-state index in [-0.39, 0.29) is 0 Å². The molecule has 11 rings (SSSR count). The van der Waals surface area contributed by atoms with Crippen LogP contribution in [0.2, 0.25) is 0 Å². The first-order valence-corrected chi connectivity index (χ1v) is 17.8. The molecule has 4 nitrogen and oxygen atoms in total. The summed E-state index contributed by atoms with van der Waals surface area (Å²) in [4.78, 5) is 15.7. The lowest BCUT2D eigenvalue weighted by atomic mass is 9.95. The molecule has 0 amide bonds. The Morgan fingerprint density at radius 2 is 0.887 bits per heavy atom. The van der Waals surface area contributed by atoms with Crippen LogP contribution in [0.25, 0.3) is 110 Å². The highest BCUT2D eigenvalue weighted by molar-refractivity contribution is 6.11. The number of fused-ring (bicyclic) bond motifs is 8. The molecule has 0 radical (unpaired) electrons. The van der Waals surface area contributed by atoms with Crippen LogP contribution < -0.4 is 0 Å². The van der Waals surface area contributed by atoms with Crippen molar-refractivity contribution in [3.8, 4) is 45.3 Å². The predicted molar refractivity (Wildman–Crippen MR) is 219 cm³/mol. The summed E-state index contributed by atoms with van der Waals surface area (Å²) in [5.41, 5.74) is 6.94. The Morgan fingerprint density at radius 1 is 0.283 bits per heavy atom. The van der Waals surface area contributed by atoms with Crippen LogP contribution in [0.15, 0.2) is 180 Å². The van der Waals surface area contributed by atoms with Crippen molar-refractivity contribution in [1.82, 2.24) is 15.0 Å². The fourth-order valence-corrected chi connectivity index (χ4v) is 7.88. The van der Waals surface area contributed by atoms with Gasteiger partial charge in [0.1, 0.15) is 11.2 Å². The van der Waals surface area contributed by atoms with Crippen LogP contribution >= 0.6 is 0 Å². The fraction of sp³-hybridized carbons (Fsp3) is 0. The molecule has 11 aromatic rings. The Labute approximate surface area is 304 Å². The summed E-state index contributed by atoms with van der Waals surface area (Å²) in [6.07, 6.45) is 0. The van der Waals surface area contributed by atoms with Crippen LogP contribution in [-0.4, -0.2) is 15.0 Å². The molecule has 2 heterocycles. The molecule has 0 atom stereocenters. The molecule has 0 unspecified atom stereocenters. The number of rotatable bonds is 4. The van der Waals surface area contributed by atoms with Crippen molar-refractivity contribution < 1.29 is 4.42 Å². The number of nitrogens with zero attached hydrogens (tertiary/aromatic N) is 3. The van der Waals surface area contributed by atoms with E-state index in [1.165, 1.54) is 32.7 Å². The van der Waals surface area contributed by atoms with E-state index in [1.54, 1.807) is 0 Å². The highest BCUT2D eigenvalue weighted by Gasteiger charge is 2.17. The quantitative estimate of drug-likeness (QED) is 0.174. The van der Waals surface area contributed by atoms with E-state index in [0.717, 1.165) is 60.2 Å². The first-order valence-electron chi connectivity index (χ1n) is 17.8. The fourth-order valence-electron chi connectivity index (χ4n) is 7.88. The molecular weight excluding hydrogens is 647 g/mol. The van der Waals surface area contributed by atoms with Gasteiger partial charge in [-0.1, -0.05) is 146 Å². The lowest BCUT2D eigenvalue weighted by molar-refractivity contribution is 0.669. The predicted octanol–water partition coefficient (Wildman–Crippen LogP) is 13.1. The Morgan fingerprint density at radius 3 is 1.72 bits per heavy atom. The van der Waals surface area contributed by atoms with Gasteiger partial charge in [-0.3, -0.25) is 0 Å². The average molecular weight is 676 g/mol. The topological polar surface area (TPSA) is 51.8 Å². The minimum absolute atomic E-state index is 0.623. The molecule has 0 aliphatic carbocycles. The van der Waals surface area contributed by atoms with E-state index in [2.05, 4.69) is 164 Å². The molecule has 0 aliphatic rings. The molecule has 0 bridgehead atoms. The molecule has 0 fully saturated rings. The van der Waals surface area contributed by atoms with Crippen molar-refractivity contribution in [3.05, 3.63) is 176 Å². The highest BCUT2D eigenvalue weighted by Crippen LogP contribution is 2.37. The number of para-hydroxylation sites is 1. The van der Waals surface area contributed by atoms with Crippen molar-refractivity contribution in [3.63, 3.8) is 0 Å². The Bertz CT molecular complexity index is 3240. The summed E-state index contributed by atoms with van der Waals surface area (Å²) >= 11 is 0. The van der Waals surface area contributed by atoms with Gasteiger partial charge in [0.25, 0.3) is 0 Å². The Hall–Kier alpha value is -7.17. The zero-order valence-corrected chi connectivity index (χ0v) is 28.5. The molecular formula is C49H29N3O. The first kappa shape index (κ1) is 29.5. The van der Waals surface area contributed by atoms with Gasteiger partial charge in [-0.25, -0.2) is 15.0 Å². The normalized spacial score (nSPS) is 11.8. The van der Waals surface area contributed by atoms with Gasteiger partial charge in [-0.2, -0.15) is 0 Å². The van der Waals surface area contributed by atoms with Gasteiger partial charge in [-0.15, -0.1) is 0 Å². The smallest absolute Gasteiger partial charge is 0.164 e. The average Bonchev–Trinajstić information content (AvgIpc) is 3.59. The molecule has 0 saturated carbocycles. The SMILES string of the molecule is c1ccc(-c2cccc3c(-c4nc(-c5ccc6cc7oc8ccccc8c7cc6c5)nc(-c5ccc6ccc7ccccc7c6c5)n4)cccc23)cc1. The van der Waals surface area contributed by atoms with Crippen molar-refractivity contribution in [2.24, 2.45) is 0 Å². The van der Waals surface area contributed by atoms with Crippen molar-refractivity contribution in [2.45, 2.75) is 0 Å². The van der Waals surface area contributed by atoms with Gasteiger partial charge in [0, 0.05) is 27.5 Å². The second kappa shape index (κ2) is 11.7. The van der Waals surface area contributed by atoms with Crippen molar-refractivity contribution in [1.29, 1.82) is 0 Å². The number of hydrogen-bond donors (Lipinski definition) is 0. The summed E-state index contributed by atoms with van der Waals surface area (Å²) in [7, 11) is 0. The molecule has 2 aromatic heterocycles. The van der Waals surface area contributed by atoms with E-state index in [4.69, 9.17) is 19.4 Å². The van der Waals surface area contributed by atoms with Crippen LogP contribution in [0.3, 0.4) is 0 Å². The number of hydrogen-bond acceptors (Lipinski definition) is 4. The van der Waals surface area contributed by atoms with Gasteiger partial charge >= 0.3 is 0 Å². The Balaban J connectivity index is 1.14. The van der Waals surface area contributed by atoms with Gasteiger partial charge in [-0.05, 0) is 84.5 Å². The maximum Gasteiger partial charge on any atom is 0.164 e. The second-order valence-electron chi connectivity index (χ2n) is 13.6. The Kier molecular flexibility index (Phi) is 6.52. The summed E-state index contributed by atoms with van der Waals surface area (Å²) in [6.45, 7) is 0. The third-order valence-corrected chi connectivity index (χ3v) is 10.5. The van der Waals surface area contributed by atoms with E-state index < -0.39 is 0 Å². The number of furan rings is 1. The van der Waals surface area contributed by atoms with E-state index in [9.17, 15) is 0 Å². The van der Waals surface area contributed by atoms with Gasteiger partial charge in [0.15, 0.2) is 17.5 Å². The molecule has 53 heavy (non-hydrogen) atoms. The minimum Gasteiger partial charge on any atom is -0.456 e. The van der Waals surface area contributed by atoms with E-state index in [0.29, 0.717) is 17.5 Å². The summed E-state index contributed by atoms with van der Waals surface area (Å²) in [5.74, 6) is 1.89. The van der Waals surface area contributed by atoms with Crippen LogP contribution in [0.4, 0.5) is 0 Å². The van der Waals surface area contributed by atoms with E-state index >= 15 is 0 Å². The van der Waals surface area contributed by atoms with Crippen LogP contribution in [0.1, 0.15) is 0 Å². The standard InChI is InChI=1S/C49H29N3O/c1-2-10-30(11-3-1)37-15-8-17-40-39(37)16-9-18-42(40)49-51-47(34-25-23-33-29-46-44(28-36(33)26-34)41-14-6-7-19-45(41)53-46)50-48(52-49)35-24-22-32-21-20-31-12-4-5-13-38(31)43(32)27-35/h1-29H. The molecule has 9 aromatic carbocycles. The third kappa shape index (κ3) is 4.88. The molecule has 246 valence electrons. The van der Waals surface area contributed by atoms with Crippen LogP contribution in [0, 0.1) is 0 Å². The number of benzene rings is 9. The van der Waals surface area contributed by atoms with Crippen molar-refractivity contribution >= 4 is 65.0 Å². The van der Waals surface area contributed by atoms with Crippen LogP contribution in [0.5, 0.6) is 0 Å². The minimum atomic E-state index is 0.623. The lowest BCUT2D eigenvalue weighted by Gasteiger charge is -2.13. The monoisotopic (exact) mass is 675 g/mol. The summed E-state index contributed by atoms with van der Waals surface area (Å²) in [5, 5.41) is 11.4. The lowest BCUT2D eigenvalue weighted by Crippen LogP contribution is -2.01. The number of aromatic nitrogens is 3. The molecule has 4 heteroatoms. The maximum absolute atomic E-state index is 6.20. The van der Waals surface area contributed by atoms with Gasteiger partial charge < -0.3 is 4.42 Å². The zero-order valence-electron chi connectivity index (χ0n) is 28.5. The third-order valence-electron chi connectivity index (χ3n) is 10.5. The highest BCUT2D eigenvalue weighted by atomic mass is 16.3. The van der Waals surface area contributed by atoms with Gasteiger partial charge in [0.2, 0.25) is 0 Å². The summed E-state index contributed by atoms with van der Waals surface area (Å²) in [6, 6.07) is 61.7. The first-order chi connectivity index (χ1) is 26.2. The zero-order chi connectivity index (χ0) is 34.9. The van der Waals surface area contributed by atoms with Crippen molar-refractivity contribution in [2.75, 3.05) is 0 Å². The van der Waals surface area contributed by atoms with E-state index in [1.807, 2.05) is 12.1 Å².